The first-order valence-corrected chi connectivity index (χ1v) is 5.43. The second kappa shape index (κ2) is 4.21. The highest BCUT2D eigenvalue weighted by Crippen LogP contribution is 2.27. The van der Waals surface area contributed by atoms with Gasteiger partial charge < -0.3 is 14.4 Å². The van der Waals surface area contributed by atoms with Crippen LogP contribution in [0.2, 0.25) is 0 Å². The largest absolute Gasteiger partial charge is 0.477 e. The Kier molecular flexibility index (Phi) is 2.89. The van der Waals surface area contributed by atoms with E-state index in [0.717, 1.165) is 0 Å². The Morgan fingerprint density at radius 3 is 3.00 bits per heavy atom. The van der Waals surface area contributed by atoms with Crippen LogP contribution in [0, 0.1) is 0 Å². The van der Waals surface area contributed by atoms with Crippen molar-refractivity contribution in [3.05, 3.63) is 22.0 Å². The summed E-state index contributed by atoms with van der Waals surface area (Å²) < 4.78 is 5.32. The highest BCUT2D eigenvalue weighted by atomic mass is 32.1. The lowest BCUT2D eigenvalue weighted by Crippen LogP contribution is -2.17. The lowest BCUT2D eigenvalue weighted by atomic mass is 10.1. The first-order chi connectivity index (χ1) is 8.02. The molecule has 17 heavy (non-hydrogen) atoms. The van der Waals surface area contributed by atoms with E-state index < -0.39 is 17.2 Å². The highest BCUT2D eigenvalue weighted by Gasteiger charge is 2.16. The molecule has 2 radical (unpaired) electrons. The minimum Gasteiger partial charge on any atom is -0.477 e. The predicted molar refractivity (Wildman–Crippen MR) is 64.1 cm³/mol. The quantitative estimate of drug-likeness (QED) is 0.799. The number of thiazole rings is 1. The summed E-state index contributed by atoms with van der Waals surface area (Å²) in [6, 6.07) is 1.26. The molecular weight excluding hydrogens is 243 g/mol. The van der Waals surface area contributed by atoms with Crippen molar-refractivity contribution < 1.29 is 14.3 Å². The zero-order valence-electron chi connectivity index (χ0n) is 8.84. The molecule has 8 heteroatoms. The molecule has 0 atom stereocenters. The van der Waals surface area contributed by atoms with Gasteiger partial charge in [0.25, 0.3) is 0 Å². The van der Waals surface area contributed by atoms with Gasteiger partial charge in [-0.1, -0.05) is 11.3 Å². The average Bonchev–Trinajstić information content (AvgIpc) is 2.69. The standard InChI is InChI=1S/C9H7BN2O4S/c1-12(3-10)9-11-6-5(17-9)2-4(7(13)14)8(15)16-6/h2H,3H2,1H3,(H,13,14). The maximum absolute atomic E-state index is 11.3. The van der Waals surface area contributed by atoms with Gasteiger partial charge in [0.2, 0.25) is 5.71 Å². The highest BCUT2D eigenvalue weighted by molar-refractivity contribution is 7.22. The predicted octanol–water partition coefficient (Wildman–Crippen LogP) is 0.510. The number of carboxylic acid groups (broad SMARTS) is 1. The lowest BCUT2D eigenvalue weighted by Gasteiger charge is -2.10. The molecular formula is C9H7BN2O4S. The van der Waals surface area contributed by atoms with Crippen molar-refractivity contribution in [1.82, 2.24) is 4.98 Å². The van der Waals surface area contributed by atoms with E-state index in [0.29, 0.717) is 9.83 Å². The lowest BCUT2D eigenvalue weighted by molar-refractivity contribution is 0.0692. The molecule has 0 amide bonds. The van der Waals surface area contributed by atoms with E-state index in [2.05, 4.69) is 4.98 Å². The van der Waals surface area contributed by atoms with Gasteiger partial charge in [0, 0.05) is 7.05 Å². The molecule has 0 aliphatic rings. The molecule has 0 spiro atoms. The van der Waals surface area contributed by atoms with Gasteiger partial charge >= 0.3 is 11.6 Å². The van der Waals surface area contributed by atoms with Gasteiger partial charge in [-0.05, 0) is 12.5 Å². The average molecular weight is 250 g/mol. The zero-order valence-corrected chi connectivity index (χ0v) is 9.65. The van der Waals surface area contributed by atoms with Crippen LogP contribution in [0.15, 0.2) is 15.3 Å². The Hall–Kier alpha value is -1.83. The Labute approximate surface area is 101 Å². The smallest absolute Gasteiger partial charge is 0.352 e. The minimum atomic E-state index is -1.32. The third-order valence-electron chi connectivity index (χ3n) is 2.12. The topological polar surface area (TPSA) is 83.6 Å². The van der Waals surface area contributed by atoms with Crippen molar-refractivity contribution in [2.45, 2.75) is 0 Å². The van der Waals surface area contributed by atoms with E-state index in [1.165, 1.54) is 17.4 Å². The molecule has 0 saturated carbocycles. The molecule has 2 heterocycles. The number of anilines is 1. The minimum absolute atomic E-state index is 0.125. The van der Waals surface area contributed by atoms with Gasteiger partial charge in [-0.25, -0.2) is 9.59 Å². The van der Waals surface area contributed by atoms with Crippen LogP contribution >= 0.6 is 11.3 Å². The fraction of sp³-hybridized carbons (Fsp3) is 0.222. The third-order valence-corrected chi connectivity index (χ3v) is 3.22. The summed E-state index contributed by atoms with van der Waals surface area (Å²) in [5, 5.41) is 9.34. The van der Waals surface area contributed by atoms with Crippen LogP contribution in [-0.4, -0.2) is 37.4 Å². The molecule has 2 rings (SSSR count). The van der Waals surface area contributed by atoms with Crippen molar-refractivity contribution in [3.63, 3.8) is 0 Å². The van der Waals surface area contributed by atoms with E-state index in [1.807, 2.05) is 0 Å². The molecule has 0 unspecified atom stereocenters. The van der Waals surface area contributed by atoms with Crippen LogP contribution in [0.5, 0.6) is 0 Å². The molecule has 2 aromatic rings. The fourth-order valence-corrected chi connectivity index (χ4v) is 2.10. The monoisotopic (exact) mass is 250 g/mol. The van der Waals surface area contributed by atoms with Crippen molar-refractivity contribution in [1.29, 1.82) is 0 Å². The molecule has 0 fully saturated rings. The number of aromatic carboxylic acids is 1. The van der Waals surface area contributed by atoms with Crippen molar-refractivity contribution >= 4 is 40.7 Å². The Balaban J connectivity index is 2.62. The summed E-state index contributed by atoms with van der Waals surface area (Å²) in [7, 11) is 7.17. The maximum Gasteiger partial charge on any atom is 0.352 e. The van der Waals surface area contributed by atoms with Crippen molar-refractivity contribution in [2.75, 3.05) is 18.4 Å². The molecule has 1 N–H and O–H groups in total. The summed E-state index contributed by atoms with van der Waals surface area (Å²) in [5.41, 5.74) is -1.18. The Morgan fingerprint density at radius 2 is 2.41 bits per heavy atom. The summed E-state index contributed by atoms with van der Waals surface area (Å²) in [6.07, 6.45) is 0.260. The van der Waals surface area contributed by atoms with Gasteiger partial charge in [-0.2, -0.15) is 4.98 Å². The number of rotatable bonds is 3. The molecule has 2 aromatic heterocycles. The van der Waals surface area contributed by atoms with Crippen LogP contribution in [0.4, 0.5) is 5.13 Å². The van der Waals surface area contributed by atoms with Crippen LogP contribution < -0.4 is 10.5 Å². The normalized spacial score (nSPS) is 10.6. The van der Waals surface area contributed by atoms with Gasteiger partial charge in [-0.3, -0.25) is 0 Å². The Morgan fingerprint density at radius 1 is 1.71 bits per heavy atom. The molecule has 0 aromatic carbocycles. The molecule has 0 aliphatic carbocycles. The van der Waals surface area contributed by atoms with E-state index in [9.17, 15) is 9.59 Å². The van der Waals surface area contributed by atoms with Gasteiger partial charge in [0.15, 0.2) is 5.13 Å². The maximum atomic E-state index is 11.3. The number of fused-ring (bicyclic) bond motifs is 1. The number of carbonyl (C=O) groups is 1. The van der Waals surface area contributed by atoms with Crippen molar-refractivity contribution in [3.8, 4) is 0 Å². The number of aromatic nitrogens is 1. The van der Waals surface area contributed by atoms with E-state index in [1.54, 1.807) is 11.9 Å². The number of hydrogen-bond donors (Lipinski definition) is 1. The van der Waals surface area contributed by atoms with E-state index in [4.69, 9.17) is 17.4 Å². The number of hydrogen-bond acceptors (Lipinski definition) is 6. The summed E-state index contributed by atoms with van der Waals surface area (Å²) in [4.78, 5) is 27.8. The second-order valence-electron chi connectivity index (χ2n) is 3.30. The SMILES string of the molecule is [B]CN(C)c1nc2oc(=O)c(C(=O)O)cc2s1. The van der Waals surface area contributed by atoms with E-state index >= 15 is 0 Å². The summed E-state index contributed by atoms with van der Waals surface area (Å²) in [5.74, 6) is -1.32. The van der Waals surface area contributed by atoms with Crippen LogP contribution in [0.3, 0.4) is 0 Å². The van der Waals surface area contributed by atoms with Crippen molar-refractivity contribution in [2.24, 2.45) is 0 Å². The van der Waals surface area contributed by atoms with Crippen LogP contribution in [0.1, 0.15) is 10.4 Å². The first-order valence-electron chi connectivity index (χ1n) is 4.62. The summed E-state index contributed by atoms with van der Waals surface area (Å²) >= 11 is 1.21. The van der Waals surface area contributed by atoms with Gasteiger partial charge in [0.1, 0.15) is 5.56 Å². The number of carboxylic acids is 1. The van der Waals surface area contributed by atoms with Gasteiger partial charge in [0.05, 0.1) is 12.5 Å². The summed E-state index contributed by atoms with van der Waals surface area (Å²) in [6.45, 7) is 0. The molecule has 6 nitrogen and oxygen atoms in total. The van der Waals surface area contributed by atoms with Gasteiger partial charge in [-0.15, -0.1) is 0 Å². The molecule has 0 bridgehead atoms. The van der Waals surface area contributed by atoms with Crippen LogP contribution in [-0.2, 0) is 0 Å². The van der Waals surface area contributed by atoms with E-state index in [-0.39, 0.29) is 12.2 Å². The molecule has 86 valence electrons. The zero-order chi connectivity index (χ0) is 12.6. The Bertz CT molecular complexity index is 635. The van der Waals surface area contributed by atoms with Crippen LogP contribution in [0.25, 0.3) is 10.4 Å². The third kappa shape index (κ3) is 2.03. The fourth-order valence-electron chi connectivity index (χ4n) is 1.19. The number of nitrogens with zero attached hydrogens (tertiary/aromatic N) is 2. The molecule has 0 saturated heterocycles. The molecule has 0 aliphatic heterocycles. The first kappa shape index (κ1) is 11.7. The second-order valence-corrected chi connectivity index (χ2v) is 4.31.